The van der Waals surface area contributed by atoms with Crippen LogP contribution in [0, 0.1) is 11.7 Å². The molecule has 100 valence electrons. The highest BCUT2D eigenvalue weighted by molar-refractivity contribution is 8.00. The number of halogens is 1. The molecule has 2 rings (SSSR count). The van der Waals surface area contributed by atoms with Crippen molar-refractivity contribution in [1.82, 2.24) is 5.32 Å². The van der Waals surface area contributed by atoms with Gasteiger partial charge in [-0.1, -0.05) is 32.9 Å². The summed E-state index contributed by atoms with van der Waals surface area (Å²) in [5, 5.41) is 3.89. The zero-order valence-corrected chi connectivity index (χ0v) is 12.2. The largest absolute Gasteiger partial charge is 0.310 e. The van der Waals surface area contributed by atoms with Gasteiger partial charge in [0.05, 0.1) is 0 Å². The van der Waals surface area contributed by atoms with Crippen molar-refractivity contribution in [3.63, 3.8) is 0 Å². The van der Waals surface area contributed by atoms with Crippen molar-refractivity contribution < 1.29 is 4.39 Å². The third-order valence-electron chi connectivity index (χ3n) is 3.45. The molecule has 0 amide bonds. The van der Waals surface area contributed by atoms with E-state index in [-0.39, 0.29) is 5.82 Å². The summed E-state index contributed by atoms with van der Waals surface area (Å²) in [5.74, 6) is 0.474. The molecule has 0 aliphatic heterocycles. The molecular weight excluding hydrogens is 245 g/mol. The Bertz CT molecular complexity index is 401. The van der Waals surface area contributed by atoms with Crippen molar-refractivity contribution in [3.8, 4) is 0 Å². The Balaban J connectivity index is 2.09. The lowest BCUT2D eigenvalue weighted by Gasteiger charge is -2.18. The quantitative estimate of drug-likeness (QED) is 0.775. The van der Waals surface area contributed by atoms with Crippen molar-refractivity contribution in [3.05, 3.63) is 29.6 Å². The maximum absolute atomic E-state index is 14.0. The molecule has 0 aromatic heterocycles. The molecule has 1 atom stereocenters. The second-order valence-electron chi connectivity index (χ2n) is 5.45. The molecule has 1 fully saturated rings. The van der Waals surface area contributed by atoms with Gasteiger partial charge in [-0.05, 0) is 30.4 Å². The highest BCUT2D eigenvalue weighted by Gasteiger charge is 2.21. The van der Waals surface area contributed by atoms with Crippen LogP contribution in [0.2, 0.25) is 0 Å². The van der Waals surface area contributed by atoms with Gasteiger partial charge in [-0.2, -0.15) is 0 Å². The number of thioether (sulfide) groups is 1. The van der Waals surface area contributed by atoms with Gasteiger partial charge in [-0.25, -0.2) is 4.39 Å². The molecule has 1 aliphatic carbocycles. The van der Waals surface area contributed by atoms with Crippen LogP contribution in [0.25, 0.3) is 0 Å². The average Bonchev–Trinajstić information content (AvgIpc) is 3.13. The minimum Gasteiger partial charge on any atom is -0.310 e. The lowest BCUT2D eigenvalue weighted by Crippen LogP contribution is -2.16. The fraction of sp³-hybridized carbons (Fsp3) is 0.600. The normalized spacial score (nSPS) is 17.2. The molecule has 1 nitrogen and oxygen atoms in total. The molecule has 0 heterocycles. The molecule has 1 saturated carbocycles. The van der Waals surface area contributed by atoms with Gasteiger partial charge in [-0.3, -0.25) is 0 Å². The highest BCUT2D eigenvalue weighted by atomic mass is 32.2. The summed E-state index contributed by atoms with van der Waals surface area (Å²) in [7, 11) is 0. The van der Waals surface area contributed by atoms with Crippen molar-refractivity contribution in [1.29, 1.82) is 0 Å². The van der Waals surface area contributed by atoms with Crippen LogP contribution in [0.5, 0.6) is 0 Å². The van der Waals surface area contributed by atoms with Crippen LogP contribution in [-0.2, 0) is 6.54 Å². The molecule has 3 heteroatoms. The first-order valence-corrected chi connectivity index (χ1v) is 7.63. The first kappa shape index (κ1) is 13.9. The number of rotatable bonds is 6. The molecule has 18 heavy (non-hydrogen) atoms. The summed E-state index contributed by atoms with van der Waals surface area (Å²) in [5.41, 5.74) is 1.10. The zero-order valence-electron chi connectivity index (χ0n) is 11.4. The Hall–Kier alpha value is -0.540. The molecule has 0 saturated heterocycles. The van der Waals surface area contributed by atoms with E-state index in [4.69, 9.17) is 0 Å². The molecule has 0 bridgehead atoms. The van der Waals surface area contributed by atoms with Gasteiger partial charge in [0.1, 0.15) is 5.82 Å². The number of nitrogens with one attached hydrogen (secondary N) is 1. The summed E-state index contributed by atoms with van der Waals surface area (Å²) in [6.07, 6.45) is 2.53. The van der Waals surface area contributed by atoms with E-state index in [0.29, 0.717) is 17.2 Å². The molecule has 0 spiro atoms. The van der Waals surface area contributed by atoms with Crippen molar-refractivity contribution in [2.45, 2.75) is 56.3 Å². The smallest absolute Gasteiger partial charge is 0.137 e. The number of hydrogen-bond acceptors (Lipinski definition) is 2. The van der Waals surface area contributed by atoms with Gasteiger partial charge in [0.25, 0.3) is 0 Å². The predicted molar refractivity (Wildman–Crippen MR) is 76.4 cm³/mol. The molecule has 1 aromatic carbocycles. The van der Waals surface area contributed by atoms with Crippen LogP contribution < -0.4 is 5.32 Å². The molecule has 1 aliphatic rings. The van der Waals surface area contributed by atoms with E-state index < -0.39 is 0 Å². The molecule has 1 aromatic rings. The standard InChI is InChI=1S/C15H22FNS/c1-10(2)11(3)18-15-12(5-4-6-14(15)16)9-17-13-7-8-13/h4-6,10-11,13,17H,7-9H2,1-3H3. The Morgan fingerprint density at radius 1 is 1.33 bits per heavy atom. The Morgan fingerprint density at radius 2 is 2.06 bits per heavy atom. The summed E-state index contributed by atoms with van der Waals surface area (Å²) >= 11 is 1.66. The first-order chi connectivity index (χ1) is 8.58. The van der Waals surface area contributed by atoms with Crippen LogP contribution in [0.4, 0.5) is 4.39 Å². The lowest BCUT2D eigenvalue weighted by molar-refractivity contribution is 0.585. The minimum absolute atomic E-state index is 0.0809. The van der Waals surface area contributed by atoms with Crippen LogP contribution in [0.3, 0.4) is 0 Å². The van der Waals surface area contributed by atoms with E-state index in [2.05, 4.69) is 26.1 Å². The van der Waals surface area contributed by atoms with Gasteiger partial charge in [-0.15, -0.1) is 11.8 Å². The molecule has 1 N–H and O–H groups in total. The molecular formula is C15H22FNS. The van der Waals surface area contributed by atoms with Gasteiger partial charge in [0.2, 0.25) is 0 Å². The molecule has 0 radical (unpaired) electrons. The molecule has 1 unspecified atom stereocenters. The fourth-order valence-corrected chi connectivity index (χ4v) is 2.80. The van der Waals surface area contributed by atoms with Crippen molar-refractivity contribution in [2.24, 2.45) is 5.92 Å². The minimum atomic E-state index is -0.0809. The number of hydrogen-bond donors (Lipinski definition) is 1. The Kier molecular flexibility index (Phi) is 4.68. The summed E-state index contributed by atoms with van der Waals surface area (Å²) in [6.45, 7) is 7.32. The van der Waals surface area contributed by atoms with Gasteiger partial charge in [0.15, 0.2) is 0 Å². The summed E-state index contributed by atoms with van der Waals surface area (Å²) in [6, 6.07) is 6.07. The fourth-order valence-electron chi connectivity index (χ4n) is 1.69. The van der Waals surface area contributed by atoms with E-state index in [9.17, 15) is 4.39 Å². The van der Waals surface area contributed by atoms with Crippen LogP contribution >= 0.6 is 11.8 Å². The van der Waals surface area contributed by atoms with E-state index in [1.165, 1.54) is 12.8 Å². The Labute approximate surface area is 114 Å². The van der Waals surface area contributed by atoms with Gasteiger partial charge >= 0.3 is 0 Å². The van der Waals surface area contributed by atoms with E-state index in [0.717, 1.165) is 17.0 Å². The summed E-state index contributed by atoms with van der Waals surface area (Å²) < 4.78 is 14.0. The van der Waals surface area contributed by atoms with E-state index >= 15 is 0 Å². The van der Waals surface area contributed by atoms with Crippen LogP contribution in [0.15, 0.2) is 23.1 Å². The first-order valence-electron chi connectivity index (χ1n) is 6.75. The lowest BCUT2D eigenvalue weighted by atomic mass is 10.2. The van der Waals surface area contributed by atoms with Crippen molar-refractivity contribution >= 4 is 11.8 Å². The maximum Gasteiger partial charge on any atom is 0.137 e. The predicted octanol–water partition coefficient (Wildman–Crippen LogP) is 4.21. The van der Waals surface area contributed by atoms with Gasteiger partial charge in [0, 0.05) is 22.7 Å². The average molecular weight is 267 g/mol. The zero-order chi connectivity index (χ0) is 13.1. The summed E-state index contributed by atoms with van der Waals surface area (Å²) in [4.78, 5) is 0.826. The highest BCUT2D eigenvalue weighted by Crippen LogP contribution is 2.33. The third-order valence-corrected chi connectivity index (χ3v) is 5.06. The van der Waals surface area contributed by atoms with E-state index in [1.807, 2.05) is 12.1 Å². The van der Waals surface area contributed by atoms with Crippen LogP contribution in [0.1, 0.15) is 39.2 Å². The SMILES string of the molecule is CC(C)C(C)Sc1c(F)cccc1CNC1CC1. The second-order valence-corrected chi connectivity index (χ2v) is 6.84. The maximum atomic E-state index is 14.0. The van der Waals surface area contributed by atoms with Crippen molar-refractivity contribution in [2.75, 3.05) is 0 Å². The Morgan fingerprint density at radius 3 is 2.67 bits per heavy atom. The monoisotopic (exact) mass is 267 g/mol. The van der Waals surface area contributed by atoms with Crippen LogP contribution in [-0.4, -0.2) is 11.3 Å². The number of benzene rings is 1. The third kappa shape index (κ3) is 3.72. The topological polar surface area (TPSA) is 12.0 Å². The van der Waals surface area contributed by atoms with E-state index in [1.54, 1.807) is 17.8 Å². The van der Waals surface area contributed by atoms with Gasteiger partial charge < -0.3 is 5.32 Å². The second kappa shape index (κ2) is 6.07.